The van der Waals surface area contributed by atoms with E-state index in [1.807, 2.05) is 0 Å². The number of nitrogens with zero attached hydrogens (tertiary/aromatic N) is 2. The van der Waals surface area contributed by atoms with Gasteiger partial charge in [0.25, 0.3) is 5.82 Å². The van der Waals surface area contributed by atoms with Gasteiger partial charge in [-0.2, -0.15) is 0 Å². The molecule has 0 saturated heterocycles. The van der Waals surface area contributed by atoms with Crippen LogP contribution in [0.25, 0.3) is 0 Å². The number of rotatable bonds is 51. The summed E-state index contributed by atoms with van der Waals surface area (Å²) in [6, 6.07) is 0. The van der Waals surface area contributed by atoms with Gasteiger partial charge >= 0.3 is 0 Å². The van der Waals surface area contributed by atoms with Crippen molar-refractivity contribution in [2.24, 2.45) is 0 Å². The van der Waals surface area contributed by atoms with E-state index in [2.05, 4.69) is 42.3 Å². The Labute approximate surface area is 374 Å². The van der Waals surface area contributed by atoms with E-state index < -0.39 is 0 Å². The summed E-state index contributed by atoms with van der Waals surface area (Å²) in [5.74, 6) is 1.64. The van der Waals surface area contributed by atoms with E-state index >= 15 is 0 Å². The maximum atomic E-state index is 2.67. The average molecular weight is 827 g/mol. The van der Waals surface area contributed by atoms with Crippen molar-refractivity contribution in [1.29, 1.82) is 0 Å². The highest BCUT2D eigenvalue weighted by Crippen LogP contribution is 2.18. The first-order valence-corrected chi connectivity index (χ1v) is 28.4. The Bertz CT molecular complexity index is 902. The molecule has 2 nitrogen and oxygen atoms in total. The van der Waals surface area contributed by atoms with E-state index in [1.54, 1.807) is 5.82 Å². The Balaban J connectivity index is 2.24. The van der Waals surface area contributed by atoms with Crippen LogP contribution in [0.15, 0.2) is 12.4 Å². The number of hydrogen-bond donors (Lipinski definition) is 0. The summed E-state index contributed by atoms with van der Waals surface area (Å²) in [5, 5.41) is 0. The molecule has 0 fully saturated rings. The third-order valence-corrected chi connectivity index (χ3v) is 13.8. The van der Waals surface area contributed by atoms with Crippen molar-refractivity contribution < 1.29 is 4.57 Å². The molecular formula is C57H113N2+. The molecule has 0 amide bonds. The maximum absolute atomic E-state index is 2.67. The minimum absolute atomic E-state index is 1.23. The van der Waals surface area contributed by atoms with Crippen molar-refractivity contribution in [3.05, 3.63) is 18.2 Å². The van der Waals surface area contributed by atoms with Crippen LogP contribution in [0.5, 0.6) is 0 Å². The average Bonchev–Trinajstić information content (AvgIpc) is 3.63. The van der Waals surface area contributed by atoms with E-state index in [0.29, 0.717) is 0 Å². The fourth-order valence-corrected chi connectivity index (χ4v) is 9.68. The second-order valence-electron chi connectivity index (χ2n) is 19.8. The predicted molar refractivity (Wildman–Crippen MR) is 267 cm³/mol. The molecule has 2 heteroatoms. The summed E-state index contributed by atoms with van der Waals surface area (Å²) in [4.78, 5) is 0. The molecule has 59 heavy (non-hydrogen) atoms. The molecule has 1 rings (SSSR count). The number of hydrogen-bond acceptors (Lipinski definition) is 0. The van der Waals surface area contributed by atoms with E-state index in [1.165, 1.54) is 328 Å². The van der Waals surface area contributed by atoms with Crippen LogP contribution in [0.4, 0.5) is 0 Å². The fraction of sp³-hybridized carbons (Fsp3) is 0.947. The van der Waals surface area contributed by atoms with E-state index in [4.69, 9.17) is 0 Å². The van der Waals surface area contributed by atoms with Gasteiger partial charge in [-0.3, -0.25) is 0 Å². The highest BCUT2D eigenvalue weighted by Gasteiger charge is 2.16. The third kappa shape index (κ3) is 39.8. The molecule has 1 heterocycles. The van der Waals surface area contributed by atoms with Crippen LogP contribution in [0.1, 0.15) is 335 Å². The minimum atomic E-state index is 1.23. The second kappa shape index (κ2) is 48.2. The topological polar surface area (TPSA) is 8.81 Å². The molecule has 0 spiro atoms. The molecule has 0 bridgehead atoms. The SMILES string of the molecule is CCCCCCCCCCCCCCCCCCC[n+]1ccn(CCCCCCCCCCCCCCCCCC)c1CCCCCCCCCCCCCCCCC. The van der Waals surface area contributed by atoms with Crippen LogP contribution in [0.3, 0.4) is 0 Å². The first kappa shape index (κ1) is 56.2. The maximum Gasteiger partial charge on any atom is 0.256 e. The quantitative estimate of drug-likeness (QED) is 0.0457. The van der Waals surface area contributed by atoms with Crippen LogP contribution in [-0.2, 0) is 19.5 Å². The van der Waals surface area contributed by atoms with Crippen LogP contribution < -0.4 is 4.57 Å². The number of aryl methyl sites for hydroxylation is 2. The minimum Gasteiger partial charge on any atom is -0.234 e. The summed E-state index contributed by atoms with van der Waals surface area (Å²) in [6.07, 6.45) is 75.8. The van der Waals surface area contributed by atoms with Gasteiger partial charge in [-0.25, -0.2) is 9.13 Å². The normalized spacial score (nSPS) is 11.7. The molecule has 0 N–H and O–H groups in total. The molecule has 1 aromatic rings. The highest BCUT2D eigenvalue weighted by atomic mass is 15.1. The summed E-state index contributed by atoms with van der Waals surface area (Å²) in [6.45, 7) is 9.42. The van der Waals surface area contributed by atoms with Gasteiger partial charge in [-0.15, -0.1) is 0 Å². The number of unbranched alkanes of at least 4 members (excludes halogenated alkanes) is 45. The largest absolute Gasteiger partial charge is 0.256 e. The van der Waals surface area contributed by atoms with Gasteiger partial charge in [0.05, 0.1) is 13.1 Å². The molecule has 1 aromatic heterocycles. The molecule has 0 radical (unpaired) electrons. The van der Waals surface area contributed by atoms with E-state index in [9.17, 15) is 0 Å². The Morgan fingerprint density at radius 3 is 0.814 bits per heavy atom. The Kier molecular flexibility index (Phi) is 46.0. The standard InChI is InChI=1S/C57H113N2/c1-4-7-10-13-16-19-22-25-28-30-33-36-39-42-45-48-51-54-59-56-55-58(53-50-47-44-41-38-35-32-29-26-23-20-17-14-11-8-5-2)57(59)52-49-46-43-40-37-34-31-27-24-21-18-15-12-9-6-3/h55-56H,4-54H2,1-3H3/q+1. The lowest BCUT2D eigenvalue weighted by Crippen LogP contribution is -2.37. The zero-order valence-corrected chi connectivity index (χ0v) is 41.6. The molecule has 0 aromatic carbocycles. The van der Waals surface area contributed by atoms with Crippen molar-refractivity contribution >= 4 is 0 Å². The molecule has 0 aliphatic rings. The van der Waals surface area contributed by atoms with Crippen molar-refractivity contribution in [3.63, 3.8) is 0 Å². The molecule has 0 aliphatic heterocycles. The van der Waals surface area contributed by atoms with Gasteiger partial charge in [-0.1, -0.05) is 297 Å². The van der Waals surface area contributed by atoms with Gasteiger partial charge in [0, 0.05) is 6.42 Å². The lowest BCUT2D eigenvalue weighted by atomic mass is 10.0. The lowest BCUT2D eigenvalue weighted by Gasteiger charge is -2.07. The van der Waals surface area contributed by atoms with Crippen molar-refractivity contribution in [2.45, 2.75) is 348 Å². The lowest BCUT2D eigenvalue weighted by molar-refractivity contribution is -0.704. The monoisotopic (exact) mass is 826 g/mol. The van der Waals surface area contributed by atoms with E-state index in [0.717, 1.165) is 0 Å². The highest BCUT2D eigenvalue weighted by molar-refractivity contribution is 4.84. The van der Waals surface area contributed by atoms with Crippen LogP contribution >= 0.6 is 0 Å². The zero-order chi connectivity index (χ0) is 42.2. The van der Waals surface area contributed by atoms with Gasteiger partial charge < -0.3 is 0 Å². The second-order valence-corrected chi connectivity index (χ2v) is 19.8. The first-order chi connectivity index (χ1) is 29.3. The summed E-state index contributed by atoms with van der Waals surface area (Å²) in [5.41, 5.74) is 0. The van der Waals surface area contributed by atoms with Crippen LogP contribution in [0, 0.1) is 0 Å². The molecule has 0 aliphatic carbocycles. The summed E-state index contributed by atoms with van der Waals surface area (Å²) in [7, 11) is 0. The Morgan fingerprint density at radius 2 is 0.525 bits per heavy atom. The predicted octanol–water partition coefficient (Wildman–Crippen LogP) is 20.1. The fourth-order valence-electron chi connectivity index (χ4n) is 9.68. The van der Waals surface area contributed by atoms with Crippen molar-refractivity contribution in [3.8, 4) is 0 Å². The molecule has 0 atom stereocenters. The molecular weight excluding hydrogens is 713 g/mol. The van der Waals surface area contributed by atoms with Crippen LogP contribution in [0.2, 0.25) is 0 Å². The Morgan fingerprint density at radius 1 is 0.288 bits per heavy atom. The van der Waals surface area contributed by atoms with Gasteiger partial charge in [0.15, 0.2) is 0 Å². The van der Waals surface area contributed by atoms with Crippen molar-refractivity contribution in [1.82, 2.24) is 4.57 Å². The van der Waals surface area contributed by atoms with Crippen LogP contribution in [-0.4, -0.2) is 4.57 Å². The smallest absolute Gasteiger partial charge is 0.234 e. The summed E-state index contributed by atoms with van der Waals surface area (Å²) >= 11 is 0. The van der Waals surface area contributed by atoms with Gasteiger partial charge in [0.2, 0.25) is 0 Å². The van der Waals surface area contributed by atoms with E-state index in [-0.39, 0.29) is 0 Å². The molecule has 0 saturated carbocycles. The summed E-state index contributed by atoms with van der Waals surface area (Å²) < 4.78 is 5.34. The third-order valence-electron chi connectivity index (χ3n) is 13.8. The van der Waals surface area contributed by atoms with Gasteiger partial charge in [-0.05, 0) is 32.1 Å². The number of imidazole rings is 1. The first-order valence-electron chi connectivity index (χ1n) is 28.4. The number of aromatic nitrogens is 2. The molecule has 0 unspecified atom stereocenters. The van der Waals surface area contributed by atoms with Crippen molar-refractivity contribution in [2.75, 3.05) is 0 Å². The molecule has 350 valence electrons. The van der Waals surface area contributed by atoms with Gasteiger partial charge in [0.1, 0.15) is 12.4 Å². The zero-order valence-electron chi connectivity index (χ0n) is 41.6. The Hall–Kier alpha value is -0.790.